The summed E-state index contributed by atoms with van der Waals surface area (Å²) in [4.78, 5) is 0. The molecule has 0 bridgehead atoms. The van der Waals surface area contributed by atoms with Crippen LogP contribution in [0.5, 0.6) is 0 Å². The van der Waals surface area contributed by atoms with Crippen LogP contribution >= 0.6 is 46.4 Å². The number of aliphatic hydroxyl groups excluding tert-OH is 6. The Kier molecular flexibility index (Phi) is 9.28. The van der Waals surface area contributed by atoms with Gasteiger partial charge in [-0.25, -0.2) is 0 Å². The van der Waals surface area contributed by atoms with Crippen molar-refractivity contribution < 1.29 is 30.6 Å². The summed E-state index contributed by atoms with van der Waals surface area (Å²) >= 11 is 24.2. The van der Waals surface area contributed by atoms with Gasteiger partial charge in [-0.3, -0.25) is 0 Å². The van der Waals surface area contributed by atoms with E-state index in [2.05, 4.69) is 0 Å². The summed E-state index contributed by atoms with van der Waals surface area (Å²) in [6.07, 6.45) is -5.95. The largest absolute Gasteiger partial charge is 0.509 e. The normalized spacial score (nSPS) is 16.6. The van der Waals surface area contributed by atoms with E-state index in [1.54, 1.807) is 13.8 Å². The van der Waals surface area contributed by atoms with E-state index in [-0.39, 0.29) is 10.0 Å². The lowest BCUT2D eigenvalue weighted by Gasteiger charge is -2.26. The quantitative estimate of drug-likeness (QED) is 0.288. The molecule has 0 amide bonds. The first-order chi connectivity index (χ1) is 14.9. The molecule has 2 aromatic carbocycles. The van der Waals surface area contributed by atoms with Crippen molar-refractivity contribution >= 4 is 58.6 Å². The average molecular weight is 524 g/mol. The minimum absolute atomic E-state index is 0.224. The second-order valence-electron chi connectivity index (χ2n) is 7.16. The molecular weight excluding hydrogens is 502 g/mol. The van der Waals surface area contributed by atoms with Gasteiger partial charge in [0.2, 0.25) is 0 Å². The van der Waals surface area contributed by atoms with Crippen molar-refractivity contribution in [1.29, 1.82) is 0 Å². The van der Waals surface area contributed by atoms with E-state index in [0.717, 1.165) is 12.2 Å². The van der Waals surface area contributed by atoms with Crippen LogP contribution in [0.3, 0.4) is 0 Å². The van der Waals surface area contributed by atoms with Gasteiger partial charge in [0.05, 0.1) is 10.0 Å². The van der Waals surface area contributed by atoms with Crippen LogP contribution in [0, 0.1) is 13.8 Å². The van der Waals surface area contributed by atoms with Crippen molar-refractivity contribution in [2.75, 3.05) is 0 Å². The van der Waals surface area contributed by atoms with Gasteiger partial charge in [-0.1, -0.05) is 58.5 Å². The maximum Gasteiger partial charge on any atom is 0.139 e. The lowest BCUT2D eigenvalue weighted by Crippen LogP contribution is -2.45. The molecule has 0 aromatic heterocycles. The van der Waals surface area contributed by atoms with Gasteiger partial charge in [-0.15, -0.1) is 0 Å². The van der Waals surface area contributed by atoms with Crippen LogP contribution in [0.4, 0.5) is 0 Å². The highest BCUT2D eigenvalue weighted by Crippen LogP contribution is 2.30. The van der Waals surface area contributed by atoms with E-state index >= 15 is 0 Å². The lowest BCUT2D eigenvalue weighted by molar-refractivity contribution is -0.0996. The summed E-state index contributed by atoms with van der Waals surface area (Å²) in [6, 6.07) is 6.06. The molecule has 0 aliphatic carbocycles. The van der Waals surface area contributed by atoms with Gasteiger partial charge in [0, 0.05) is 10.0 Å². The summed E-state index contributed by atoms with van der Waals surface area (Å²) in [5.41, 5.74) is 1.71. The molecule has 0 saturated heterocycles. The van der Waals surface area contributed by atoms with Gasteiger partial charge in [-0.2, -0.15) is 0 Å². The Hall–Kier alpha value is -1.48. The second kappa shape index (κ2) is 11.1. The van der Waals surface area contributed by atoms with Gasteiger partial charge in [0.1, 0.15) is 35.9 Å². The third kappa shape index (κ3) is 5.90. The molecule has 0 spiro atoms. The molecule has 0 saturated carbocycles. The topological polar surface area (TPSA) is 121 Å². The van der Waals surface area contributed by atoms with Crippen molar-refractivity contribution in [2.24, 2.45) is 0 Å². The lowest BCUT2D eigenvalue weighted by atomic mass is 9.98. The molecular formula is C22H22Cl4O6. The molecule has 2 aromatic rings. The van der Waals surface area contributed by atoms with E-state index in [1.165, 1.54) is 24.3 Å². The van der Waals surface area contributed by atoms with E-state index in [9.17, 15) is 30.6 Å². The van der Waals surface area contributed by atoms with Gasteiger partial charge in [0.15, 0.2) is 0 Å². The number of benzene rings is 2. The van der Waals surface area contributed by atoms with Crippen LogP contribution in [0.15, 0.2) is 35.8 Å². The van der Waals surface area contributed by atoms with E-state index in [1.807, 2.05) is 0 Å². The number of halogens is 4. The number of hydrogen-bond acceptors (Lipinski definition) is 6. The first-order valence-corrected chi connectivity index (χ1v) is 10.8. The molecule has 10 heteroatoms. The predicted octanol–water partition coefficient (Wildman–Crippen LogP) is 4.86. The van der Waals surface area contributed by atoms with Crippen LogP contribution in [0.2, 0.25) is 20.1 Å². The monoisotopic (exact) mass is 522 g/mol. The Labute approximate surface area is 205 Å². The van der Waals surface area contributed by atoms with Crippen molar-refractivity contribution in [2.45, 2.75) is 38.3 Å². The summed E-state index contributed by atoms with van der Waals surface area (Å²) in [5.74, 6) is -1.46. The molecule has 0 fully saturated rings. The smallest absolute Gasteiger partial charge is 0.139 e. The fourth-order valence-corrected chi connectivity index (χ4v) is 3.65. The SMILES string of the molecule is Cc1c(Cl)ccc(C=C(O)[C@@H](O)[C@@H](O)[C@H](O)[C@@H](O)C(O)=Cc2ccc(Cl)c(C)c2Cl)c1Cl. The van der Waals surface area contributed by atoms with Crippen molar-refractivity contribution in [3.63, 3.8) is 0 Å². The zero-order valence-corrected chi connectivity index (χ0v) is 20.0. The third-order valence-corrected chi connectivity index (χ3v) is 6.73. The van der Waals surface area contributed by atoms with Crippen LogP contribution < -0.4 is 0 Å². The minimum atomic E-state index is -2.06. The second-order valence-corrected chi connectivity index (χ2v) is 8.73. The number of rotatable bonds is 7. The molecule has 0 aliphatic heterocycles. The Morgan fingerprint density at radius 1 is 0.656 bits per heavy atom. The molecule has 0 radical (unpaired) electrons. The molecule has 32 heavy (non-hydrogen) atoms. The maximum atomic E-state index is 10.2. The van der Waals surface area contributed by atoms with Crippen LogP contribution in [-0.2, 0) is 0 Å². The van der Waals surface area contributed by atoms with Crippen molar-refractivity contribution in [3.05, 3.63) is 78.1 Å². The standard InChI is InChI=1S/C22H22Cl4O6/c1-9-13(23)5-3-11(17(9)25)7-15(27)19(29)21(31)22(32)20(30)16(28)8-12-4-6-14(24)10(2)18(12)26/h3-8,19-22,27-32H,1-2H3/t19-,20+,21-,22-/m1/s1. The number of aliphatic hydroxyl groups is 6. The minimum Gasteiger partial charge on any atom is -0.509 e. The van der Waals surface area contributed by atoms with Crippen molar-refractivity contribution in [3.8, 4) is 0 Å². The molecule has 174 valence electrons. The van der Waals surface area contributed by atoms with Gasteiger partial charge >= 0.3 is 0 Å². The summed E-state index contributed by atoms with van der Waals surface area (Å²) in [7, 11) is 0. The third-order valence-electron chi connectivity index (χ3n) is 4.91. The molecule has 6 nitrogen and oxygen atoms in total. The van der Waals surface area contributed by atoms with Gasteiger partial charge < -0.3 is 30.6 Å². The van der Waals surface area contributed by atoms with Crippen LogP contribution in [0.25, 0.3) is 12.2 Å². The van der Waals surface area contributed by atoms with Crippen molar-refractivity contribution in [1.82, 2.24) is 0 Å². The Balaban J connectivity index is 2.22. The van der Waals surface area contributed by atoms with Gasteiger partial charge in [0.25, 0.3) is 0 Å². The molecule has 4 atom stereocenters. The summed E-state index contributed by atoms with van der Waals surface area (Å²) in [5, 5.41) is 62.5. The molecule has 0 unspecified atom stereocenters. The molecule has 0 heterocycles. The Bertz CT molecular complexity index is 970. The highest BCUT2D eigenvalue weighted by molar-refractivity contribution is 6.37. The highest BCUT2D eigenvalue weighted by Gasteiger charge is 2.34. The molecule has 6 N–H and O–H groups in total. The zero-order valence-electron chi connectivity index (χ0n) is 17.0. The summed E-state index contributed by atoms with van der Waals surface area (Å²) in [6.45, 7) is 3.32. The molecule has 2 rings (SSSR count). The zero-order chi connectivity index (χ0) is 24.3. The summed E-state index contributed by atoms with van der Waals surface area (Å²) < 4.78 is 0. The van der Waals surface area contributed by atoms with Crippen LogP contribution in [-0.4, -0.2) is 55.1 Å². The fourth-order valence-electron chi connectivity index (χ4n) is 2.80. The maximum absolute atomic E-state index is 10.2. The Morgan fingerprint density at radius 2 is 0.969 bits per heavy atom. The van der Waals surface area contributed by atoms with E-state index in [4.69, 9.17) is 46.4 Å². The fraction of sp³-hybridized carbons (Fsp3) is 0.273. The van der Waals surface area contributed by atoms with Crippen LogP contribution in [0.1, 0.15) is 22.3 Å². The predicted molar refractivity (Wildman–Crippen MR) is 128 cm³/mol. The highest BCUT2D eigenvalue weighted by atomic mass is 35.5. The Morgan fingerprint density at radius 3 is 1.28 bits per heavy atom. The number of hydrogen-bond donors (Lipinski definition) is 6. The molecule has 0 aliphatic rings. The first kappa shape index (κ1) is 26.8. The van der Waals surface area contributed by atoms with Gasteiger partial charge in [-0.05, 0) is 60.4 Å². The first-order valence-electron chi connectivity index (χ1n) is 9.29. The average Bonchev–Trinajstić information content (AvgIpc) is 2.77. The van der Waals surface area contributed by atoms with E-state index < -0.39 is 35.9 Å². The van der Waals surface area contributed by atoms with E-state index in [0.29, 0.717) is 32.3 Å².